The molecule has 1 aliphatic rings. The van der Waals surface area contributed by atoms with Crippen LogP contribution in [0, 0.1) is 0 Å². The molecule has 4 heteroatoms. The lowest BCUT2D eigenvalue weighted by Gasteiger charge is -2.01. The molecule has 74 valence electrons. The zero-order valence-corrected chi connectivity index (χ0v) is 8.47. The smallest absolute Gasteiger partial charge is 0.228 e. The molecule has 1 aromatic rings. The van der Waals surface area contributed by atoms with Gasteiger partial charge < -0.3 is 0 Å². The first kappa shape index (κ1) is 9.43. The van der Waals surface area contributed by atoms with Crippen LogP contribution >= 0.6 is 0 Å². The molecule has 1 heterocycles. The Morgan fingerprint density at radius 2 is 1.86 bits per heavy atom. The molecular formula is C10H11NO2S. The number of rotatable bonds is 0. The topological polar surface area (TPSA) is 46.2 Å². The third-order valence-corrected chi connectivity index (χ3v) is 3.08. The highest BCUT2D eigenvalue weighted by molar-refractivity contribution is 7.72. The predicted molar refractivity (Wildman–Crippen MR) is 55.8 cm³/mol. The van der Waals surface area contributed by atoms with Crippen LogP contribution in [0.2, 0.25) is 0 Å². The summed E-state index contributed by atoms with van der Waals surface area (Å²) in [6.07, 6.45) is 1.38. The lowest BCUT2D eigenvalue weighted by Crippen LogP contribution is -2.25. The van der Waals surface area contributed by atoms with E-state index in [9.17, 15) is 8.42 Å². The van der Waals surface area contributed by atoms with Crippen molar-refractivity contribution < 1.29 is 8.42 Å². The van der Waals surface area contributed by atoms with E-state index in [1.165, 1.54) is 5.56 Å². The van der Waals surface area contributed by atoms with Gasteiger partial charge in [0.05, 0.1) is 0 Å². The lowest BCUT2D eigenvalue weighted by atomic mass is 10.0. The van der Waals surface area contributed by atoms with Gasteiger partial charge in [-0.05, 0) is 17.5 Å². The van der Waals surface area contributed by atoms with Gasteiger partial charge in [-0.1, -0.05) is 24.3 Å². The Morgan fingerprint density at radius 3 is 2.57 bits per heavy atom. The molecule has 1 aromatic carbocycles. The number of benzene rings is 1. The summed E-state index contributed by atoms with van der Waals surface area (Å²) in [6, 6.07) is 7.95. The summed E-state index contributed by atoms with van der Waals surface area (Å²) in [5.74, 6) is 0. The van der Waals surface area contributed by atoms with Gasteiger partial charge in [0, 0.05) is 13.0 Å². The summed E-state index contributed by atoms with van der Waals surface area (Å²) >= 11 is 0. The molecule has 0 atom stereocenters. The van der Waals surface area contributed by atoms with Crippen LogP contribution in [0.5, 0.6) is 0 Å². The Morgan fingerprint density at radius 1 is 1.14 bits per heavy atom. The van der Waals surface area contributed by atoms with Crippen molar-refractivity contribution in [2.45, 2.75) is 12.8 Å². The molecule has 3 nitrogen and oxygen atoms in total. The van der Waals surface area contributed by atoms with Gasteiger partial charge in [0.2, 0.25) is 10.3 Å². The highest BCUT2D eigenvalue weighted by Crippen LogP contribution is 2.12. The maximum atomic E-state index is 10.8. The number of fused-ring (bicyclic) bond motifs is 1. The third-order valence-electron chi connectivity index (χ3n) is 2.39. The Labute approximate surface area is 84.3 Å². The zero-order chi connectivity index (χ0) is 9.97. The fourth-order valence-corrected chi connectivity index (χ4v) is 2.16. The molecule has 0 spiro atoms. The van der Waals surface area contributed by atoms with E-state index in [1.54, 1.807) is 0 Å². The molecule has 0 unspecified atom stereocenters. The maximum absolute atomic E-state index is 10.8. The first-order valence-electron chi connectivity index (χ1n) is 4.53. The Balaban J connectivity index is 2.46. The van der Waals surface area contributed by atoms with Gasteiger partial charge in [-0.3, -0.25) is 5.32 Å². The molecule has 1 N–H and O–H groups in total. The van der Waals surface area contributed by atoms with Gasteiger partial charge in [-0.15, -0.1) is 0 Å². The van der Waals surface area contributed by atoms with Crippen LogP contribution in [-0.4, -0.2) is 20.0 Å². The van der Waals surface area contributed by atoms with E-state index in [0.29, 0.717) is 18.0 Å². The third kappa shape index (κ3) is 1.86. The highest BCUT2D eigenvalue weighted by Gasteiger charge is 2.11. The van der Waals surface area contributed by atoms with Crippen LogP contribution in [0.4, 0.5) is 0 Å². The minimum Gasteiger partial charge on any atom is -0.279 e. The van der Waals surface area contributed by atoms with Crippen LogP contribution in [0.1, 0.15) is 11.1 Å². The van der Waals surface area contributed by atoms with Crippen molar-refractivity contribution in [2.75, 3.05) is 6.54 Å². The van der Waals surface area contributed by atoms with E-state index < -0.39 is 10.3 Å². The summed E-state index contributed by atoms with van der Waals surface area (Å²) in [6.45, 7) is 0.695. The van der Waals surface area contributed by atoms with E-state index in [4.69, 9.17) is 0 Å². The number of nitrogens with one attached hydrogen (secondary N) is 1. The van der Waals surface area contributed by atoms with Crippen molar-refractivity contribution in [1.29, 1.82) is 0 Å². The first-order chi connectivity index (χ1) is 6.77. The van der Waals surface area contributed by atoms with Crippen LogP contribution in [0.15, 0.2) is 24.3 Å². The molecule has 2 rings (SSSR count). The van der Waals surface area contributed by atoms with E-state index in [2.05, 4.69) is 5.32 Å². The molecule has 1 aliphatic heterocycles. The number of hydrogen-bond acceptors (Lipinski definition) is 2. The molecule has 14 heavy (non-hydrogen) atoms. The summed E-state index contributed by atoms with van der Waals surface area (Å²) in [7, 11) is -2.11. The standard InChI is InChI=1S/C10H11NO2S/c12-14(13)10-7-9-4-2-1-3-8(9)5-6-11-10/h1-4,11H,5-7H2. The van der Waals surface area contributed by atoms with Gasteiger partial charge in [-0.25, -0.2) is 0 Å². The van der Waals surface area contributed by atoms with E-state index >= 15 is 0 Å². The Kier molecular flexibility index (Phi) is 2.65. The van der Waals surface area contributed by atoms with Crippen molar-refractivity contribution in [2.24, 2.45) is 0 Å². The van der Waals surface area contributed by atoms with Crippen LogP contribution in [0.25, 0.3) is 0 Å². The van der Waals surface area contributed by atoms with Gasteiger partial charge in [-0.2, -0.15) is 8.42 Å². The molecule has 0 fully saturated rings. The fraction of sp³-hybridized carbons (Fsp3) is 0.300. The van der Waals surface area contributed by atoms with Crippen LogP contribution in [0.3, 0.4) is 0 Å². The van der Waals surface area contributed by atoms with Gasteiger partial charge in [0.15, 0.2) is 0 Å². The molecule has 0 aromatic heterocycles. The van der Waals surface area contributed by atoms with Crippen molar-refractivity contribution in [3.8, 4) is 0 Å². The van der Waals surface area contributed by atoms with Crippen molar-refractivity contribution in [3.63, 3.8) is 0 Å². The molecule has 0 radical (unpaired) electrons. The van der Waals surface area contributed by atoms with Gasteiger partial charge >= 0.3 is 0 Å². The average Bonchev–Trinajstić information content (AvgIpc) is 2.39. The zero-order valence-electron chi connectivity index (χ0n) is 7.66. The summed E-state index contributed by atoms with van der Waals surface area (Å²) in [5, 5.41) is 2.93. The molecule has 0 amide bonds. The minimum atomic E-state index is -2.11. The molecule has 0 saturated carbocycles. The summed E-state index contributed by atoms with van der Waals surface area (Å²) in [5.41, 5.74) is 2.34. The number of hydrogen-bond donors (Lipinski definition) is 1. The van der Waals surface area contributed by atoms with Crippen molar-refractivity contribution in [1.82, 2.24) is 5.32 Å². The van der Waals surface area contributed by atoms with Gasteiger partial charge in [0.25, 0.3) is 0 Å². The van der Waals surface area contributed by atoms with E-state index in [-0.39, 0.29) is 0 Å². The van der Waals surface area contributed by atoms with Crippen LogP contribution in [-0.2, 0) is 23.1 Å². The highest BCUT2D eigenvalue weighted by atomic mass is 32.2. The van der Waals surface area contributed by atoms with Crippen molar-refractivity contribution >= 4 is 15.3 Å². The van der Waals surface area contributed by atoms with E-state index in [0.717, 1.165) is 12.0 Å². The molecule has 0 aliphatic carbocycles. The SMILES string of the molecule is O=S(=O)=C1Cc2ccccc2CCN1. The second kappa shape index (κ2) is 3.94. The second-order valence-electron chi connectivity index (χ2n) is 3.28. The maximum Gasteiger partial charge on any atom is 0.228 e. The lowest BCUT2D eigenvalue weighted by molar-refractivity contribution is 0.626. The normalized spacial score (nSPS) is 15.9. The van der Waals surface area contributed by atoms with Gasteiger partial charge in [0.1, 0.15) is 4.99 Å². The summed E-state index contributed by atoms with van der Waals surface area (Å²) in [4.78, 5) is 0.398. The largest absolute Gasteiger partial charge is 0.279 e. The molecule has 0 saturated heterocycles. The van der Waals surface area contributed by atoms with E-state index in [1.807, 2.05) is 24.3 Å². The minimum absolute atomic E-state index is 0.398. The monoisotopic (exact) mass is 209 g/mol. The van der Waals surface area contributed by atoms with Crippen LogP contribution < -0.4 is 5.32 Å². The fourth-order valence-electron chi connectivity index (χ4n) is 1.66. The summed E-state index contributed by atoms with van der Waals surface area (Å²) < 4.78 is 21.6. The Hall–Kier alpha value is -1.13. The second-order valence-corrected chi connectivity index (χ2v) is 4.24. The molecule has 0 bridgehead atoms. The average molecular weight is 209 g/mol. The Bertz CT molecular complexity index is 469. The van der Waals surface area contributed by atoms with Crippen molar-refractivity contribution in [3.05, 3.63) is 35.4 Å². The molecular weight excluding hydrogens is 198 g/mol. The first-order valence-corrected chi connectivity index (χ1v) is 5.60. The quantitative estimate of drug-likeness (QED) is 0.628. The predicted octanol–water partition coefficient (Wildman–Crippen LogP) is 0.384.